The predicted molar refractivity (Wildman–Crippen MR) is 71.5 cm³/mol. The first-order valence-corrected chi connectivity index (χ1v) is 7.75. The maximum absolute atomic E-state index is 12.6. The number of hydrogen-bond acceptors (Lipinski definition) is 4. The Balaban J connectivity index is 2.31. The van der Waals surface area contributed by atoms with E-state index in [2.05, 4.69) is 0 Å². The fourth-order valence-corrected chi connectivity index (χ4v) is 2.12. The first kappa shape index (κ1) is 16.1. The normalized spacial score (nSPS) is 12.2. The molecule has 1 N–H and O–H groups in total. The summed E-state index contributed by atoms with van der Waals surface area (Å²) in [6.07, 6.45) is -3.71. The Morgan fingerprint density at radius 1 is 1.18 bits per heavy atom. The number of carbonyl (C=O) groups excluding carboxylic acids is 1. The van der Waals surface area contributed by atoms with Gasteiger partial charge in [-0.05, 0) is 24.3 Å². The van der Waals surface area contributed by atoms with Crippen LogP contribution in [-0.2, 0) is 16.2 Å². The molecule has 0 radical (unpaired) electrons. The van der Waals surface area contributed by atoms with Gasteiger partial charge >= 0.3 is 6.18 Å². The minimum atomic E-state index is -4.50. The zero-order chi connectivity index (χ0) is 16.5. The number of furan rings is 1. The molecule has 0 aliphatic heterocycles. The Hall–Kier alpha value is -2.29. The van der Waals surface area contributed by atoms with Gasteiger partial charge in [0.15, 0.2) is 5.76 Å². The monoisotopic (exact) mass is 333 g/mol. The quantitative estimate of drug-likeness (QED) is 0.937. The van der Waals surface area contributed by atoms with Crippen molar-refractivity contribution in [3.8, 4) is 11.3 Å². The Kier molecular flexibility index (Phi) is 4.01. The van der Waals surface area contributed by atoms with Gasteiger partial charge < -0.3 is 4.42 Å². The lowest BCUT2D eigenvalue weighted by molar-refractivity contribution is -0.137. The topological polar surface area (TPSA) is 76.4 Å². The molecule has 1 amide bonds. The third-order valence-electron chi connectivity index (χ3n) is 2.58. The second-order valence-electron chi connectivity index (χ2n) is 4.45. The van der Waals surface area contributed by atoms with Crippen molar-refractivity contribution in [1.82, 2.24) is 4.72 Å². The molecule has 22 heavy (non-hydrogen) atoms. The molecule has 0 fully saturated rings. The van der Waals surface area contributed by atoms with Gasteiger partial charge in [0.05, 0.1) is 11.8 Å². The Bertz CT molecular complexity index is 809. The zero-order valence-corrected chi connectivity index (χ0v) is 12.0. The van der Waals surface area contributed by atoms with Crippen molar-refractivity contribution >= 4 is 15.9 Å². The van der Waals surface area contributed by atoms with Crippen LogP contribution in [-0.4, -0.2) is 20.6 Å². The van der Waals surface area contributed by atoms with Crippen molar-refractivity contribution in [3.05, 3.63) is 47.7 Å². The van der Waals surface area contributed by atoms with E-state index >= 15 is 0 Å². The van der Waals surface area contributed by atoms with E-state index in [1.807, 2.05) is 0 Å². The van der Waals surface area contributed by atoms with Gasteiger partial charge in [0.1, 0.15) is 5.76 Å². The van der Waals surface area contributed by atoms with Crippen LogP contribution in [0.1, 0.15) is 16.1 Å². The third kappa shape index (κ3) is 3.88. The molecule has 0 aliphatic carbocycles. The van der Waals surface area contributed by atoms with Gasteiger partial charge in [-0.25, -0.2) is 13.1 Å². The highest BCUT2D eigenvalue weighted by Gasteiger charge is 2.30. The van der Waals surface area contributed by atoms with Crippen LogP contribution in [0.4, 0.5) is 13.2 Å². The van der Waals surface area contributed by atoms with Crippen molar-refractivity contribution in [2.45, 2.75) is 6.18 Å². The number of benzene rings is 1. The van der Waals surface area contributed by atoms with Crippen molar-refractivity contribution in [3.63, 3.8) is 0 Å². The molecule has 1 heterocycles. The van der Waals surface area contributed by atoms with Crippen LogP contribution < -0.4 is 4.72 Å². The highest BCUT2D eigenvalue weighted by atomic mass is 32.2. The molecular weight excluding hydrogens is 323 g/mol. The molecule has 0 aliphatic rings. The molecule has 9 heteroatoms. The lowest BCUT2D eigenvalue weighted by Gasteiger charge is -2.07. The first-order chi connectivity index (χ1) is 10.1. The molecule has 0 bridgehead atoms. The van der Waals surface area contributed by atoms with Crippen LogP contribution in [0.5, 0.6) is 0 Å². The minimum Gasteiger partial charge on any atom is -0.451 e. The molecule has 0 atom stereocenters. The minimum absolute atomic E-state index is 0.0183. The summed E-state index contributed by atoms with van der Waals surface area (Å²) in [7, 11) is -3.76. The molecule has 2 rings (SSSR count). The second-order valence-corrected chi connectivity index (χ2v) is 6.19. The first-order valence-electron chi connectivity index (χ1n) is 5.86. The van der Waals surface area contributed by atoms with Crippen LogP contribution in [0.2, 0.25) is 0 Å². The molecule has 0 saturated heterocycles. The number of carbonyl (C=O) groups is 1. The van der Waals surface area contributed by atoms with E-state index in [9.17, 15) is 26.4 Å². The van der Waals surface area contributed by atoms with Crippen LogP contribution >= 0.6 is 0 Å². The molecule has 118 valence electrons. The number of rotatable bonds is 3. The lowest BCUT2D eigenvalue weighted by Crippen LogP contribution is -2.28. The molecule has 0 spiro atoms. The average Bonchev–Trinajstić information content (AvgIpc) is 2.85. The summed E-state index contributed by atoms with van der Waals surface area (Å²) in [4.78, 5) is 11.6. The summed E-state index contributed by atoms with van der Waals surface area (Å²) in [5.41, 5.74) is -0.739. The number of hydrogen-bond donors (Lipinski definition) is 1. The highest BCUT2D eigenvalue weighted by Crippen LogP contribution is 2.32. The summed E-state index contributed by atoms with van der Waals surface area (Å²) >= 11 is 0. The Morgan fingerprint density at radius 2 is 1.86 bits per heavy atom. The summed E-state index contributed by atoms with van der Waals surface area (Å²) < 4.78 is 66.6. The summed E-state index contributed by atoms with van der Waals surface area (Å²) in [6, 6.07) is 6.83. The van der Waals surface area contributed by atoms with Crippen LogP contribution in [0.3, 0.4) is 0 Å². The van der Waals surface area contributed by atoms with Gasteiger partial charge in [-0.2, -0.15) is 13.2 Å². The number of amides is 1. The average molecular weight is 333 g/mol. The van der Waals surface area contributed by atoms with Crippen molar-refractivity contribution < 1.29 is 30.8 Å². The van der Waals surface area contributed by atoms with Gasteiger partial charge in [-0.15, -0.1) is 0 Å². The van der Waals surface area contributed by atoms with Gasteiger partial charge in [0.25, 0.3) is 5.91 Å². The zero-order valence-electron chi connectivity index (χ0n) is 11.1. The summed E-state index contributed by atoms with van der Waals surface area (Å²) in [5.74, 6) is -1.30. The molecule has 0 unspecified atom stereocenters. The lowest BCUT2D eigenvalue weighted by atomic mass is 10.1. The van der Waals surface area contributed by atoms with E-state index in [1.165, 1.54) is 24.3 Å². The molecule has 0 saturated carbocycles. The van der Waals surface area contributed by atoms with E-state index in [1.54, 1.807) is 4.72 Å². The van der Waals surface area contributed by atoms with Crippen molar-refractivity contribution in [2.24, 2.45) is 0 Å². The SMILES string of the molecule is CS(=O)(=O)NC(=O)c1ccc(-c2cccc(C(F)(F)F)c2)o1. The third-order valence-corrected chi connectivity index (χ3v) is 3.14. The van der Waals surface area contributed by atoms with Crippen molar-refractivity contribution in [1.29, 1.82) is 0 Å². The fraction of sp³-hybridized carbons (Fsp3) is 0.154. The van der Waals surface area contributed by atoms with Crippen LogP contribution in [0, 0.1) is 0 Å². The van der Waals surface area contributed by atoms with E-state index in [-0.39, 0.29) is 17.1 Å². The Morgan fingerprint density at radius 3 is 2.45 bits per heavy atom. The van der Waals surface area contributed by atoms with E-state index in [0.717, 1.165) is 18.4 Å². The molecule has 1 aromatic carbocycles. The van der Waals surface area contributed by atoms with Crippen LogP contribution in [0.25, 0.3) is 11.3 Å². The standard InChI is InChI=1S/C13H10F3NO4S/c1-22(19,20)17-12(18)11-6-5-10(21-11)8-3-2-4-9(7-8)13(14,15)16/h2-7H,1H3,(H,17,18). The number of halogens is 3. The fourth-order valence-electron chi connectivity index (χ4n) is 1.68. The van der Waals surface area contributed by atoms with E-state index in [0.29, 0.717) is 0 Å². The van der Waals surface area contributed by atoms with Crippen molar-refractivity contribution in [2.75, 3.05) is 6.26 Å². The summed E-state index contributed by atoms with van der Waals surface area (Å²) in [6.45, 7) is 0. The van der Waals surface area contributed by atoms with Gasteiger partial charge in [0.2, 0.25) is 10.0 Å². The second kappa shape index (κ2) is 5.48. The van der Waals surface area contributed by atoms with Gasteiger partial charge in [-0.1, -0.05) is 12.1 Å². The Labute approximate surface area is 123 Å². The number of nitrogens with one attached hydrogen (secondary N) is 1. The largest absolute Gasteiger partial charge is 0.451 e. The maximum atomic E-state index is 12.6. The van der Waals surface area contributed by atoms with E-state index in [4.69, 9.17) is 4.42 Å². The number of sulfonamides is 1. The number of alkyl halides is 3. The van der Waals surface area contributed by atoms with Crippen LogP contribution in [0.15, 0.2) is 40.8 Å². The molecule has 1 aromatic heterocycles. The maximum Gasteiger partial charge on any atom is 0.416 e. The molecular formula is C13H10F3NO4S. The highest BCUT2D eigenvalue weighted by molar-refractivity contribution is 7.89. The molecule has 2 aromatic rings. The van der Waals surface area contributed by atoms with Gasteiger partial charge in [0, 0.05) is 5.56 Å². The van der Waals surface area contributed by atoms with E-state index < -0.39 is 27.7 Å². The smallest absolute Gasteiger partial charge is 0.416 e. The van der Waals surface area contributed by atoms with Gasteiger partial charge in [-0.3, -0.25) is 4.79 Å². The summed E-state index contributed by atoms with van der Waals surface area (Å²) in [5, 5.41) is 0. The molecule has 5 nitrogen and oxygen atoms in total. The predicted octanol–water partition coefficient (Wildman–Crippen LogP) is 2.65.